The smallest absolute Gasteiger partial charge is 0.408 e. The van der Waals surface area contributed by atoms with Crippen LogP contribution in [0.25, 0.3) is 0 Å². The van der Waals surface area contributed by atoms with E-state index in [-0.39, 0.29) is 12.6 Å². The SMILES string of the molecule is O=C1N[C@H](CO)[C@@H](c2ccc(Br)cc2)O1. The number of benzene rings is 1. The Morgan fingerprint density at radius 2 is 2.07 bits per heavy atom. The van der Waals surface area contributed by atoms with Gasteiger partial charge in [0.05, 0.1) is 12.6 Å². The number of rotatable bonds is 2. The Labute approximate surface area is 95.4 Å². The molecular formula is C10H10BrNO3. The third-order valence-corrected chi connectivity index (χ3v) is 2.83. The average molecular weight is 272 g/mol. The van der Waals surface area contributed by atoms with Crippen molar-refractivity contribution < 1.29 is 14.6 Å². The van der Waals surface area contributed by atoms with E-state index in [9.17, 15) is 4.79 Å². The van der Waals surface area contributed by atoms with Crippen molar-refractivity contribution in [2.45, 2.75) is 12.1 Å². The molecule has 2 atom stereocenters. The van der Waals surface area contributed by atoms with Crippen molar-refractivity contribution >= 4 is 22.0 Å². The third-order valence-electron chi connectivity index (χ3n) is 2.30. The average Bonchev–Trinajstić information content (AvgIpc) is 2.61. The van der Waals surface area contributed by atoms with E-state index in [2.05, 4.69) is 21.2 Å². The number of cyclic esters (lactones) is 1. The molecule has 0 aliphatic carbocycles. The zero-order chi connectivity index (χ0) is 10.8. The van der Waals surface area contributed by atoms with Gasteiger partial charge in [-0.1, -0.05) is 28.1 Å². The molecule has 1 aromatic carbocycles. The summed E-state index contributed by atoms with van der Waals surface area (Å²) in [4.78, 5) is 11.0. The molecule has 0 radical (unpaired) electrons. The molecule has 0 saturated carbocycles. The van der Waals surface area contributed by atoms with Crippen LogP contribution >= 0.6 is 15.9 Å². The third kappa shape index (κ3) is 2.13. The molecule has 0 aromatic heterocycles. The molecule has 0 spiro atoms. The van der Waals surface area contributed by atoms with Crippen LogP contribution in [0.2, 0.25) is 0 Å². The summed E-state index contributed by atoms with van der Waals surface area (Å²) in [5, 5.41) is 11.6. The minimum atomic E-state index is -0.484. The fourth-order valence-electron chi connectivity index (χ4n) is 1.55. The molecule has 1 amide bonds. The Morgan fingerprint density at radius 1 is 1.40 bits per heavy atom. The quantitative estimate of drug-likeness (QED) is 0.859. The number of aliphatic hydroxyl groups excluding tert-OH is 1. The summed E-state index contributed by atoms with van der Waals surface area (Å²) in [5.74, 6) is 0. The summed E-state index contributed by atoms with van der Waals surface area (Å²) in [7, 11) is 0. The fourth-order valence-corrected chi connectivity index (χ4v) is 1.82. The Balaban J connectivity index is 2.22. The Bertz CT molecular complexity index is 365. The number of nitrogens with one attached hydrogen (secondary N) is 1. The lowest BCUT2D eigenvalue weighted by molar-refractivity contribution is 0.119. The molecule has 1 aromatic rings. The highest BCUT2D eigenvalue weighted by atomic mass is 79.9. The topological polar surface area (TPSA) is 58.6 Å². The highest BCUT2D eigenvalue weighted by Crippen LogP contribution is 2.27. The number of carbonyl (C=O) groups is 1. The van der Waals surface area contributed by atoms with Crippen LogP contribution in [-0.2, 0) is 4.74 Å². The minimum absolute atomic E-state index is 0.132. The van der Waals surface area contributed by atoms with Crippen molar-refractivity contribution in [3.8, 4) is 0 Å². The molecule has 1 aliphatic rings. The van der Waals surface area contributed by atoms with Gasteiger partial charge >= 0.3 is 6.09 Å². The second-order valence-corrected chi connectivity index (χ2v) is 4.23. The molecule has 1 heterocycles. The number of amides is 1. The van der Waals surface area contributed by atoms with Crippen molar-refractivity contribution in [1.29, 1.82) is 0 Å². The number of halogens is 1. The molecule has 1 fully saturated rings. The van der Waals surface area contributed by atoms with Crippen molar-refractivity contribution in [2.75, 3.05) is 6.61 Å². The number of hydrogen-bond acceptors (Lipinski definition) is 3. The van der Waals surface area contributed by atoms with Crippen LogP contribution in [0.3, 0.4) is 0 Å². The van der Waals surface area contributed by atoms with E-state index in [1.165, 1.54) is 0 Å². The second kappa shape index (κ2) is 4.20. The van der Waals surface area contributed by atoms with E-state index < -0.39 is 12.2 Å². The van der Waals surface area contributed by atoms with E-state index in [0.29, 0.717) is 0 Å². The maximum Gasteiger partial charge on any atom is 0.408 e. The van der Waals surface area contributed by atoms with Gasteiger partial charge in [0.25, 0.3) is 0 Å². The van der Waals surface area contributed by atoms with Gasteiger partial charge in [-0.25, -0.2) is 4.79 Å². The first-order chi connectivity index (χ1) is 7.20. The van der Waals surface area contributed by atoms with Gasteiger partial charge in [-0.15, -0.1) is 0 Å². The standard InChI is InChI=1S/C10H10BrNO3/c11-7-3-1-6(2-4-7)9-8(5-13)12-10(14)15-9/h1-4,8-9,13H,5H2,(H,12,14)/t8-,9-/m1/s1. The lowest BCUT2D eigenvalue weighted by Gasteiger charge is -2.14. The lowest BCUT2D eigenvalue weighted by Crippen LogP contribution is -2.31. The predicted octanol–water partition coefficient (Wildman–Crippen LogP) is 1.59. The van der Waals surface area contributed by atoms with E-state index in [0.717, 1.165) is 10.0 Å². The molecule has 2 rings (SSSR count). The summed E-state index contributed by atoms with van der Waals surface area (Å²) >= 11 is 3.33. The van der Waals surface area contributed by atoms with Crippen LogP contribution in [0.15, 0.2) is 28.7 Å². The van der Waals surface area contributed by atoms with Gasteiger partial charge < -0.3 is 15.2 Å². The van der Waals surface area contributed by atoms with Gasteiger partial charge in [0.2, 0.25) is 0 Å². The zero-order valence-electron chi connectivity index (χ0n) is 7.81. The summed E-state index contributed by atoms with van der Waals surface area (Å²) in [6.45, 7) is -0.132. The van der Waals surface area contributed by atoms with E-state index in [1.807, 2.05) is 24.3 Å². The molecule has 2 N–H and O–H groups in total. The van der Waals surface area contributed by atoms with Crippen molar-refractivity contribution in [3.63, 3.8) is 0 Å². The molecule has 1 aliphatic heterocycles. The Hall–Kier alpha value is -1.07. The van der Waals surface area contributed by atoms with Gasteiger partial charge in [0.15, 0.2) is 6.10 Å². The molecule has 15 heavy (non-hydrogen) atoms. The van der Waals surface area contributed by atoms with Gasteiger partial charge in [-0.2, -0.15) is 0 Å². The second-order valence-electron chi connectivity index (χ2n) is 3.31. The van der Waals surface area contributed by atoms with Crippen LogP contribution in [-0.4, -0.2) is 23.8 Å². The predicted molar refractivity (Wildman–Crippen MR) is 57.4 cm³/mol. The van der Waals surface area contributed by atoms with E-state index >= 15 is 0 Å². The first-order valence-electron chi connectivity index (χ1n) is 4.54. The van der Waals surface area contributed by atoms with Crippen LogP contribution in [0.1, 0.15) is 11.7 Å². The number of aliphatic hydroxyl groups is 1. The van der Waals surface area contributed by atoms with Crippen LogP contribution in [0.4, 0.5) is 4.79 Å². The van der Waals surface area contributed by atoms with Gasteiger partial charge in [-0.05, 0) is 17.7 Å². The summed E-state index contributed by atoms with van der Waals surface area (Å²) in [6.07, 6.45) is -0.891. The summed E-state index contributed by atoms with van der Waals surface area (Å²) in [6, 6.07) is 7.10. The molecule has 0 bridgehead atoms. The highest BCUT2D eigenvalue weighted by molar-refractivity contribution is 9.10. The summed E-state index contributed by atoms with van der Waals surface area (Å²) in [5.41, 5.74) is 0.871. The maximum atomic E-state index is 11.0. The van der Waals surface area contributed by atoms with E-state index in [1.54, 1.807) is 0 Å². The number of hydrogen-bond donors (Lipinski definition) is 2. The molecule has 0 unspecified atom stereocenters. The first-order valence-corrected chi connectivity index (χ1v) is 5.33. The van der Waals surface area contributed by atoms with Crippen LogP contribution in [0, 0.1) is 0 Å². The van der Waals surface area contributed by atoms with Crippen molar-refractivity contribution in [3.05, 3.63) is 34.3 Å². The molecule has 1 saturated heterocycles. The first kappa shape index (κ1) is 10.4. The minimum Gasteiger partial charge on any atom is -0.439 e. The number of ether oxygens (including phenoxy) is 1. The number of carbonyl (C=O) groups excluding carboxylic acids is 1. The lowest BCUT2D eigenvalue weighted by atomic mass is 10.0. The van der Waals surface area contributed by atoms with Crippen LogP contribution < -0.4 is 5.32 Å². The fraction of sp³-hybridized carbons (Fsp3) is 0.300. The Morgan fingerprint density at radius 3 is 2.67 bits per heavy atom. The van der Waals surface area contributed by atoms with Gasteiger partial charge in [0.1, 0.15) is 0 Å². The molecular weight excluding hydrogens is 262 g/mol. The normalized spacial score (nSPS) is 24.8. The maximum absolute atomic E-state index is 11.0. The van der Waals surface area contributed by atoms with Gasteiger partial charge in [-0.3, -0.25) is 0 Å². The van der Waals surface area contributed by atoms with Crippen molar-refractivity contribution in [1.82, 2.24) is 5.32 Å². The molecule has 80 valence electrons. The Kier molecular flexibility index (Phi) is 2.93. The summed E-state index contributed by atoms with van der Waals surface area (Å²) < 4.78 is 6.03. The molecule has 4 nitrogen and oxygen atoms in total. The van der Waals surface area contributed by atoms with Crippen molar-refractivity contribution in [2.24, 2.45) is 0 Å². The van der Waals surface area contributed by atoms with Crippen LogP contribution in [0.5, 0.6) is 0 Å². The zero-order valence-corrected chi connectivity index (χ0v) is 9.40. The largest absolute Gasteiger partial charge is 0.439 e. The molecule has 5 heteroatoms. The van der Waals surface area contributed by atoms with Gasteiger partial charge in [0, 0.05) is 4.47 Å². The monoisotopic (exact) mass is 271 g/mol. The van der Waals surface area contributed by atoms with E-state index in [4.69, 9.17) is 9.84 Å². The highest BCUT2D eigenvalue weighted by Gasteiger charge is 2.34. The number of alkyl carbamates (subject to hydrolysis) is 1.